The number of aliphatic hydroxyl groups is 1. The van der Waals surface area contributed by atoms with Crippen LogP contribution in [0.1, 0.15) is 27.8 Å². The zero-order chi connectivity index (χ0) is 15.1. The van der Waals surface area contributed by atoms with Gasteiger partial charge in [0.15, 0.2) is 5.82 Å². The standard InChI is InChI=1S/C14H14N4O3/c1-10-17-13(18-21-10)6-7-15-14(20)12-5-4-11(9-16-12)3-2-8-19/h4-5,9,19H,6-8H2,1H3,(H,15,20). The number of amides is 1. The molecule has 0 aliphatic heterocycles. The highest BCUT2D eigenvalue weighted by atomic mass is 16.5. The topological polar surface area (TPSA) is 101 Å². The summed E-state index contributed by atoms with van der Waals surface area (Å²) < 4.78 is 4.84. The summed E-state index contributed by atoms with van der Waals surface area (Å²) in [5.74, 6) is 5.98. The zero-order valence-electron chi connectivity index (χ0n) is 11.5. The van der Waals surface area contributed by atoms with Crippen molar-refractivity contribution in [2.45, 2.75) is 13.3 Å². The van der Waals surface area contributed by atoms with Crippen LogP contribution in [0.5, 0.6) is 0 Å². The molecule has 0 radical (unpaired) electrons. The lowest BCUT2D eigenvalue weighted by Crippen LogP contribution is -2.26. The maximum atomic E-state index is 11.9. The van der Waals surface area contributed by atoms with Gasteiger partial charge in [-0.15, -0.1) is 0 Å². The molecule has 0 saturated carbocycles. The predicted molar refractivity (Wildman–Crippen MR) is 73.3 cm³/mol. The fraction of sp³-hybridized carbons (Fsp3) is 0.286. The molecule has 1 amide bonds. The second-order valence-electron chi connectivity index (χ2n) is 4.13. The van der Waals surface area contributed by atoms with Gasteiger partial charge in [0.1, 0.15) is 12.3 Å². The third-order valence-electron chi connectivity index (χ3n) is 2.51. The molecule has 0 aliphatic rings. The first-order valence-electron chi connectivity index (χ1n) is 6.32. The van der Waals surface area contributed by atoms with Gasteiger partial charge in [-0.3, -0.25) is 4.79 Å². The molecule has 2 rings (SSSR count). The van der Waals surface area contributed by atoms with Crippen LogP contribution in [0.15, 0.2) is 22.9 Å². The molecule has 0 saturated heterocycles. The first-order chi connectivity index (χ1) is 10.2. The number of carbonyl (C=O) groups excluding carboxylic acids is 1. The number of hydrogen-bond donors (Lipinski definition) is 2. The van der Waals surface area contributed by atoms with Crippen LogP contribution >= 0.6 is 0 Å². The average molecular weight is 286 g/mol. The summed E-state index contributed by atoms with van der Waals surface area (Å²) >= 11 is 0. The average Bonchev–Trinajstić information content (AvgIpc) is 2.91. The number of aryl methyl sites for hydroxylation is 1. The monoisotopic (exact) mass is 286 g/mol. The Kier molecular flexibility index (Phi) is 5.01. The number of hydrogen-bond acceptors (Lipinski definition) is 6. The molecule has 108 valence electrons. The first kappa shape index (κ1) is 14.7. The molecule has 21 heavy (non-hydrogen) atoms. The van der Waals surface area contributed by atoms with E-state index >= 15 is 0 Å². The van der Waals surface area contributed by atoms with Crippen LogP contribution in [0.4, 0.5) is 0 Å². The Balaban J connectivity index is 1.85. The van der Waals surface area contributed by atoms with Gasteiger partial charge in [0.25, 0.3) is 5.91 Å². The van der Waals surface area contributed by atoms with E-state index in [-0.39, 0.29) is 12.5 Å². The van der Waals surface area contributed by atoms with Gasteiger partial charge in [0.05, 0.1) is 0 Å². The smallest absolute Gasteiger partial charge is 0.269 e. The minimum Gasteiger partial charge on any atom is -0.384 e. The Labute approximate surface area is 121 Å². The van der Waals surface area contributed by atoms with Gasteiger partial charge in [-0.25, -0.2) is 4.98 Å². The van der Waals surface area contributed by atoms with Gasteiger partial charge in [0, 0.05) is 31.6 Å². The Morgan fingerprint density at radius 2 is 2.33 bits per heavy atom. The fourth-order valence-electron chi connectivity index (χ4n) is 1.56. The minimum absolute atomic E-state index is 0.211. The second kappa shape index (κ2) is 7.17. The number of aromatic nitrogens is 3. The lowest BCUT2D eigenvalue weighted by Gasteiger charge is -2.02. The second-order valence-corrected chi connectivity index (χ2v) is 4.13. The third kappa shape index (κ3) is 4.40. The van der Waals surface area contributed by atoms with Crippen molar-refractivity contribution in [3.63, 3.8) is 0 Å². The summed E-state index contributed by atoms with van der Waals surface area (Å²) in [4.78, 5) is 19.9. The van der Waals surface area contributed by atoms with Crippen molar-refractivity contribution in [2.75, 3.05) is 13.2 Å². The van der Waals surface area contributed by atoms with Gasteiger partial charge in [-0.1, -0.05) is 17.0 Å². The molecule has 0 unspecified atom stereocenters. The van der Waals surface area contributed by atoms with Crippen molar-refractivity contribution in [3.05, 3.63) is 41.3 Å². The summed E-state index contributed by atoms with van der Waals surface area (Å²) in [7, 11) is 0. The van der Waals surface area contributed by atoms with E-state index in [1.807, 2.05) is 0 Å². The Morgan fingerprint density at radius 3 is 2.95 bits per heavy atom. The largest absolute Gasteiger partial charge is 0.384 e. The molecule has 0 aliphatic carbocycles. The molecule has 2 heterocycles. The number of aliphatic hydroxyl groups excluding tert-OH is 1. The molecule has 2 aromatic rings. The van der Waals surface area contributed by atoms with Crippen LogP contribution in [-0.2, 0) is 6.42 Å². The summed E-state index contributed by atoms with van der Waals surface area (Å²) in [6.07, 6.45) is 1.98. The summed E-state index contributed by atoms with van der Waals surface area (Å²) in [5, 5.41) is 15.0. The zero-order valence-corrected chi connectivity index (χ0v) is 11.5. The summed E-state index contributed by atoms with van der Waals surface area (Å²) in [5.41, 5.74) is 0.941. The van der Waals surface area contributed by atoms with Crippen molar-refractivity contribution in [2.24, 2.45) is 0 Å². The highest BCUT2D eigenvalue weighted by molar-refractivity contribution is 5.92. The minimum atomic E-state index is -0.281. The SMILES string of the molecule is Cc1nc(CCNC(=O)c2ccc(C#CCO)cn2)no1. The van der Waals surface area contributed by atoms with E-state index in [0.717, 1.165) is 0 Å². The highest BCUT2D eigenvalue weighted by Gasteiger charge is 2.07. The number of carbonyl (C=O) groups is 1. The lowest BCUT2D eigenvalue weighted by molar-refractivity contribution is 0.0949. The molecule has 0 bridgehead atoms. The van der Waals surface area contributed by atoms with E-state index in [2.05, 4.69) is 32.3 Å². The highest BCUT2D eigenvalue weighted by Crippen LogP contribution is 1.99. The van der Waals surface area contributed by atoms with E-state index in [1.165, 1.54) is 6.20 Å². The molecule has 7 heteroatoms. The maximum absolute atomic E-state index is 11.9. The van der Waals surface area contributed by atoms with Crippen molar-refractivity contribution in [1.29, 1.82) is 0 Å². The van der Waals surface area contributed by atoms with Crippen LogP contribution in [0.25, 0.3) is 0 Å². The predicted octanol–water partition coefficient (Wildman–Crippen LogP) is 0.0893. The molecule has 0 spiro atoms. The van der Waals surface area contributed by atoms with E-state index < -0.39 is 0 Å². The Hall–Kier alpha value is -2.72. The van der Waals surface area contributed by atoms with Crippen LogP contribution in [0, 0.1) is 18.8 Å². The third-order valence-corrected chi connectivity index (χ3v) is 2.51. The van der Waals surface area contributed by atoms with Crippen LogP contribution in [-0.4, -0.2) is 39.3 Å². The lowest BCUT2D eigenvalue weighted by atomic mass is 10.2. The van der Waals surface area contributed by atoms with Gasteiger partial charge >= 0.3 is 0 Å². The van der Waals surface area contributed by atoms with Gasteiger partial charge < -0.3 is 14.9 Å². The van der Waals surface area contributed by atoms with Crippen molar-refractivity contribution < 1.29 is 14.4 Å². The molecule has 0 aromatic carbocycles. The summed E-state index contributed by atoms with van der Waals surface area (Å²) in [6.45, 7) is 1.89. The van der Waals surface area contributed by atoms with Crippen molar-refractivity contribution in [3.8, 4) is 11.8 Å². The molecular formula is C14H14N4O3. The van der Waals surface area contributed by atoms with Gasteiger partial charge in [0.2, 0.25) is 5.89 Å². The Bertz CT molecular complexity index is 668. The van der Waals surface area contributed by atoms with Gasteiger partial charge in [-0.2, -0.15) is 4.98 Å². The molecule has 2 N–H and O–H groups in total. The fourth-order valence-corrected chi connectivity index (χ4v) is 1.56. The number of pyridine rings is 1. The van der Waals surface area contributed by atoms with E-state index in [1.54, 1.807) is 19.1 Å². The number of nitrogens with one attached hydrogen (secondary N) is 1. The summed E-state index contributed by atoms with van der Waals surface area (Å²) in [6, 6.07) is 3.25. The van der Waals surface area contributed by atoms with Crippen LogP contribution in [0.2, 0.25) is 0 Å². The quantitative estimate of drug-likeness (QED) is 0.772. The van der Waals surface area contributed by atoms with Crippen molar-refractivity contribution in [1.82, 2.24) is 20.4 Å². The van der Waals surface area contributed by atoms with Crippen molar-refractivity contribution >= 4 is 5.91 Å². The molecular weight excluding hydrogens is 272 g/mol. The van der Waals surface area contributed by atoms with E-state index in [9.17, 15) is 4.79 Å². The number of rotatable bonds is 4. The molecule has 7 nitrogen and oxygen atoms in total. The first-order valence-corrected chi connectivity index (χ1v) is 6.32. The normalized spacial score (nSPS) is 9.81. The molecule has 2 aromatic heterocycles. The van der Waals surface area contributed by atoms with E-state index in [0.29, 0.717) is 35.9 Å². The molecule has 0 atom stereocenters. The van der Waals surface area contributed by atoms with E-state index in [4.69, 9.17) is 9.63 Å². The van der Waals surface area contributed by atoms with Gasteiger partial charge in [-0.05, 0) is 12.1 Å². The van der Waals surface area contributed by atoms with Crippen LogP contribution in [0.3, 0.4) is 0 Å². The van der Waals surface area contributed by atoms with Crippen LogP contribution < -0.4 is 5.32 Å². The Morgan fingerprint density at radius 1 is 1.48 bits per heavy atom. The maximum Gasteiger partial charge on any atom is 0.269 e. The number of nitrogens with zero attached hydrogens (tertiary/aromatic N) is 3. The molecule has 0 fully saturated rings.